The molecule has 1 saturated carbocycles. The minimum absolute atomic E-state index is 0. The monoisotopic (exact) mass is 210 g/mol. The van der Waals surface area contributed by atoms with E-state index in [1.54, 1.807) is 6.20 Å². The number of rotatable bonds is 1. The summed E-state index contributed by atoms with van der Waals surface area (Å²) in [5.74, 6) is 0.661. The predicted octanol–water partition coefficient (Wildman–Crippen LogP) is 1.84. The first-order valence-corrected chi connectivity index (χ1v) is 4.44. The first-order chi connectivity index (χ1) is 6.34. The van der Waals surface area contributed by atoms with Gasteiger partial charge in [-0.15, -0.1) is 12.4 Å². The molecule has 5 heteroatoms. The van der Waals surface area contributed by atoms with Gasteiger partial charge in [0.25, 0.3) is 0 Å². The molecule has 2 heterocycles. The van der Waals surface area contributed by atoms with Crippen LogP contribution in [0.5, 0.6) is 0 Å². The molecule has 3 N–H and O–H groups in total. The van der Waals surface area contributed by atoms with E-state index >= 15 is 0 Å². The van der Waals surface area contributed by atoms with Crippen molar-refractivity contribution in [3.05, 3.63) is 18.0 Å². The van der Waals surface area contributed by atoms with Crippen molar-refractivity contribution >= 4 is 29.1 Å². The third kappa shape index (κ3) is 1.32. The van der Waals surface area contributed by atoms with Crippen LogP contribution in [0, 0.1) is 0 Å². The van der Waals surface area contributed by atoms with Crippen LogP contribution in [0.3, 0.4) is 0 Å². The first-order valence-electron chi connectivity index (χ1n) is 4.44. The SMILES string of the molecule is Cl.Nc1cnc2n[nH]c(C3CC3)c2c1. The van der Waals surface area contributed by atoms with Gasteiger partial charge in [-0.3, -0.25) is 5.10 Å². The average Bonchev–Trinajstić information content (AvgIpc) is 2.87. The molecule has 3 rings (SSSR count). The lowest BCUT2D eigenvalue weighted by Crippen LogP contribution is -1.86. The normalized spacial score (nSPS) is 15.4. The third-order valence-electron chi connectivity index (χ3n) is 2.45. The fraction of sp³-hybridized carbons (Fsp3) is 0.333. The highest BCUT2D eigenvalue weighted by atomic mass is 35.5. The summed E-state index contributed by atoms with van der Waals surface area (Å²) in [6.07, 6.45) is 4.15. The van der Waals surface area contributed by atoms with Crippen LogP contribution in [0.15, 0.2) is 12.3 Å². The maximum absolute atomic E-state index is 5.67. The minimum atomic E-state index is 0. The van der Waals surface area contributed by atoms with Crippen LogP contribution in [0.4, 0.5) is 5.69 Å². The molecule has 0 atom stereocenters. The summed E-state index contributed by atoms with van der Waals surface area (Å²) in [7, 11) is 0. The molecule has 2 aromatic rings. The van der Waals surface area contributed by atoms with E-state index in [-0.39, 0.29) is 12.4 Å². The summed E-state index contributed by atoms with van der Waals surface area (Å²) >= 11 is 0. The number of aromatic amines is 1. The number of anilines is 1. The van der Waals surface area contributed by atoms with Gasteiger partial charge in [0.05, 0.1) is 11.9 Å². The zero-order chi connectivity index (χ0) is 8.84. The summed E-state index contributed by atoms with van der Waals surface area (Å²) in [6.45, 7) is 0. The molecular formula is C9H11ClN4. The molecule has 0 bridgehead atoms. The van der Waals surface area contributed by atoms with E-state index < -0.39 is 0 Å². The average molecular weight is 211 g/mol. The van der Waals surface area contributed by atoms with Gasteiger partial charge >= 0.3 is 0 Å². The smallest absolute Gasteiger partial charge is 0.181 e. The van der Waals surface area contributed by atoms with Crippen LogP contribution in [-0.4, -0.2) is 15.2 Å². The second kappa shape index (κ2) is 3.13. The molecule has 1 aliphatic rings. The number of nitrogens with one attached hydrogen (secondary N) is 1. The van der Waals surface area contributed by atoms with Gasteiger partial charge in [0.15, 0.2) is 5.65 Å². The Labute approximate surface area is 87.3 Å². The third-order valence-corrected chi connectivity index (χ3v) is 2.45. The van der Waals surface area contributed by atoms with E-state index in [9.17, 15) is 0 Å². The Morgan fingerprint density at radius 2 is 2.21 bits per heavy atom. The number of aromatic nitrogens is 3. The van der Waals surface area contributed by atoms with Crippen molar-refractivity contribution in [1.82, 2.24) is 15.2 Å². The number of nitrogen functional groups attached to an aromatic ring is 1. The number of pyridine rings is 1. The van der Waals surface area contributed by atoms with Gasteiger partial charge in [-0.1, -0.05) is 0 Å². The van der Waals surface area contributed by atoms with E-state index in [4.69, 9.17) is 5.73 Å². The molecule has 0 aliphatic heterocycles. The zero-order valence-electron chi connectivity index (χ0n) is 7.53. The van der Waals surface area contributed by atoms with Crippen molar-refractivity contribution in [2.75, 3.05) is 5.73 Å². The van der Waals surface area contributed by atoms with Crippen LogP contribution in [0.25, 0.3) is 11.0 Å². The molecule has 0 spiro atoms. The van der Waals surface area contributed by atoms with Crippen LogP contribution >= 0.6 is 12.4 Å². The molecule has 4 nitrogen and oxygen atoms in total. The highest BCUT2D eigenvalue weighted by Gasteiger charge is 2.27. The lowest BCUT2D eigenvalue weighted by Gasteiger charge is -1.94. The summed E-state index contributed by atoms with van der Waals surface area (Å²) in [6, 6.07) is 1.94. The van der Waals surface area contributed by atoms with E-state index in [1.165, 1.54) is 18.5 Å². The van der Waals surface area contributed by atoms with E-state index in [0.29, 0.717) is 11.6 Å². The van der Waals surface area contributed by atoms with E-state index in [1.807, 2.05) is 6.07 Å². The second-order valence-corrected chi connectivity index (χ2v) is 3.55. The molecule has 1 fully saturated rings. The Morgan fingerprint density at radius 1 is 1.43 bits per heavy atom. The predicted molar refractivity (Wildman–Crippen MR) is 57.5 cm³/mol. The number of H-pyrrole nitrogens is 1. The Balaban J connectivity index is 0.000000750. The molecule has 0 aromatic carbocycles. The number of halogens is 1. The molecule has 0 saturated heterocycles. The lowest BCUT2D eigenvalue weighted by atomic mass is 10.2. The molecule has 2 aromatic heterocycles. The van der Waals surface area contributed by atoms with Crippen molar-refractivity contribution in [1.29, 1.82) is 0 Å². The topological polar surface area (TPSA) is 67.6 Å². The van der Waals surface area contributed by atoms with Crippen LogP contribution < -0.4 is 5.73 Å². The zero-order valence-corrected chi connectivity index (χ0v) is 8.34. The largest absolute Gasteiger partial charge is 0.397 e. The molecule has 0 unspecified atom stereocenters. The maximum atomic E-state index is 5.67. The fourth-order valence-corrected chi connectivity index (χ4v) is 1.62. The van der Waals surface area contributed by atoms with Crippen molar-refractivity contribution in [3.8, 4) is 0 Å². The number of hydrogen-bond donors (Lipinski definition) is 2. The fourth-order valence-electron chi connectivity index (χ4n) is 1.62. The van der Waals surface area contributed by atoms with Crippen LogP contribution in [0.1, 0.15) is 24.5 Å². The van der Waals surface area contributed by atoms with Gasteiger partial charge in [0.2, 0.25) is 0 Å². The minimum Gasteiger partial charge on any atom is -0.397 e. The van der Waals surface area contributed by atoms with Crippen LogP contribution in [0.2, 0.25) is 0 Å². The van der Waals surface area contributed by atoms with Crippen molar-refractivity contribution in [2.45, 2.75) is 18.8 Å². The highest BCUT2D eigenvalue weighted by molar-refractivity contribution is 5.85. The molecule has 0 amide bonds. The number of hydrogen-bond acceptors (Lipinski definition) is 3. The standard InChI is InChI=1S/C9H10N4.ClH/c10-6-3-7-8(5-1-2-5)12-13-9(7)11-4-6;/h3-5H,1-2,10H2,(H,11,12,13);1H. The number of fused-ring (bicyclic) bond motifs is 1. The molecule has 74 valence electrons. The van der Waals surface area contributed by atoms with Crippen molar-refractivity contribution in [2.24, 2.45) is 0 Å². The summed E-state index contributed by atoms with van der Waals surface area (Å²) in [5, 5.41) is 8.25. The van der Waals surface area contributed by atoms with Gasteiger partial charge in [-0.05, 0) is 18.9 Å². The number of nitrogens with two attached hydrogens (primary N) is 1. The Kier molecular flexibility index (Phi) is 2.07. The van der Waals surface area contributed by atoms with Crippen molar-refractivity contribution < 1.29 is 0 Å². The first kappa shape index (κ1) is 9.27. The van der Waals surface area contributed by atoms with Gasteiger partial charge in [-0.25, -0.2) is 4.98 Å². The summed E-state index contributed by atoms with van der Waals surface area (Å²) in [5.41, 5.74) is 8.35. The Morgan fingerprint density at radius 3 is 2.93 bits per heavy atom. The van der Waals surface area contributed by atoms with Gasteiger partial charge in [0, 0.05) is 17.0 Å². The highest BCUT2D eigenvalue weighted by Crippen LogP contribution is 2.41. The molecular weight excluding hydrogens is 200 g/mol. The van der Waals surface area contributed by atoms with Crippen molar-refractivity contribution in [3.63, 3.8) is 0 Å². The maximum Gasteiger partial charge on any atom is 0.181 e. The molecule has 0 radical (unpaired) electrons. The van der Waals surface area contributed by atoms with Gasteiger partial charge in [0.1, 0.15) is 0 Å². The quantitative estimate of drug-likeness (QED) is 0.755. The Bertz CT molecular complexity index is 461. The summed E-state index contributed by atoms with van der Waals surface area (Å²) in [4.78, 5) is 4.14. The summed E-state index contributed by atoms with van der Waals surface area (Å²) < 4.78 is 0. The molecule has 14 heavy (non-hydrogen) atoms. The lowest BCUT2D eigenvalue weighted by molar-refractivity contribution is 0.974. The number of nitrogens with zero attached hydrogens (tertiary/aromatic N) is 2. The Hall–Kier alpha value is -1.29. The van der Waals surface area contributed by atoms with Crippen LogP contribution in [-0.2, 0) is 0 Å². The second-order valence-electron chi connectivity index (χ2n) is 3.55. The van der Waals surface area contributed by atoms with Gasteiger partial charge < -0.3 is 5.73 Å². The van der Waals surface area contributed by atoms with E-state index in [2.05, 4.69) is 15.2 Å². The van der Waals surface area contributed by atoms with E-state index in [0.717, 1.165) is 11.0 Å². The van der Waals surface area contributed by atoms with Gasteiger partial charge in [-0.2, -0.15) is 5.10 Å². The molecule has 1 aliphatic carbocycles.